The third-order valence-corrected chi connectivity index (χ3v) is 2.92. The van der Waals surface area contributed by atoms with Crippen LogP contribution in [0, 0.1) is 0 Å². The Morgan fingerprint density at radius 1 is 1.39 bits per heavy atom. The number of carbonyl (C=O) groups is 2. The number of para-hydroxylation sites is 1. The Hall–Kier alpha value is -2.04. The van der Waals surface area contributed by atoms with Crippen molar-refractivity contribution in [1.29, 1.82) is 0 Å². The molecule has 0 atom stereocenters. The summed E-state index contributed by atoms with van der Waals surface area (Å²) in [5.41, 5.74) is 1.03. The highest BCUT2D eigenvalue weighted by Gasteiger charge is 2.33. The number of anilines is 2. The van der Waals surface area contributed by atoms with Crippen LogP contribution in [-0.4, -0.2) is 29.1 Å². The summed E-state index contributed by atoms with van der Waals surface area (Å²) in [6, 6.07) is 4.91. The monoisotopic (exact) mass is 248 g/mol. The van der Waals surface area contributed by atoms with Crippen molar-refractivity contribution in [2.45, 2.75) is 26.3 Å². The van der Waals surface area contributed by atoms with E-state index in [-0.39, 0.29) is 23.6 Å². The lowest BCUT2D eigenvalue weighted by Crippen LogP contribution is -2.49. The largest absolute Gasteiger partial charge is 0.478 e. The minimum atomic E-state index is -0.989. The predicted octanol–water partition coefficient (Wildman–Crippen LogP) is 1.94. The lowest BCUT2D eigenvalue weighted by atomic mass is 9.99. The van der Waals surface area contributed by atoms with Crippen LogP contribution in [0.25, 0.3) is 0 Å². The van der Waals surface area contributed by atoms with Gasteiger partial charge in [-0.25, -0.2) is 4.79 Å². The molecule has 1 heterocycles. The topological polar surface area (TPSA) is 69.6 Å². The van der Waals surface area contributed by atoms with Crippen LogP contribution < -0.4 is 10.2 Å². The highest BCUT2D eigenvalue weighted by Crippen LogP contribution is 2.37. The van der Waals surface area contributed by atoms with E-state index in [1.165, 1.54) is 0 Å². The molecule has 1 aromatic rings. The van der Waals surface area contributed by atoms with Crippen molar-refractivity contribution in [3.63, 3.8) is 0 Å². The van der Waals surface area contributed by atoms with E-state index >= 15 is 0 Å². The average Bonchev–Trinajstić information content (AvgIpc) is 2.25. The van der Waals surface area contributed by atoms with E-state index in [1.54, 1.807) is 18.2 Å². The van der Waals surface area contributed by atoms with Gasteiger partial charge >= 0.3 is 5.97 Å². The van der Waals surface area contributed by atoms with Gasteiger partial charge in [-0.15, -0.1) is 0 Å². The third kappa shape index (κ3) is 2.03. The van der Waals surface area contributed by atoms with Crippen LogP contribution in [0.2, 0.25) is 0 Å². The fraction of sp³-hybridized carbons (Fsp3) is 0.385. The Morgan fingerprint density at radius 3 is 2.61 bits per heavy atom. The SMILES string of the molecule is CC(C)(C)N1CC(=O)Nc2cccc(C(=O)O)c21. The normalized spacial score (nSPS) is 15.1. The molecule has 96 valence electrons. The fourth-order valence-corrected chi connectivity index (χ4v) is 2.09. The van der Waals surface area contributed by atoms with Crippen molar-refractivity contribution in [2.75, 3.05) is 16.8 Å². The molecule has 0 bridgehead atoms. The van der Waals surface area contributed by atoms with E-state index in [2.05, 4.69) is 5.32 Å². The number of fused-ring (bicyclic) bond motifs is 1. The second-order valence-electron chi connectivity index (χ2n) is 5.31. The van der Waals surface area contributed by atoms with Crippen LogP contribution in [-0.2, 0) is 4.79 Å². The first-order valence-corrected chi connectivity index (χ1v) is 5.74. The summed E-state index contributed by atoms with van der Waals surface area (Å²) in [5.74, 6) is -1.11. The lowest BCUT2D eigenvalue weighted by molar-refractivity contribution is -0.115. The minimum absolute atomic E-state index is 0.125. The number of carbonyl (C=O) groups excluding carboxylic acids is 1. The molecule has 5 heteroatoms. The van der Waals surface area contributed by atoms with E-state index in [1.807, 2.05) is 25.7 Å². The molecule has 5 nitrogen and oxygen atoms in total. The van der Waals surface area contributed by atoms with Crippen molar-refractivity contribution >= 4 is 23.3 Å². The van der Waals surface area contributed by atoms with Crippen molar-refractivity contribution in [3.05, 3.63) is 23.8 Å². The highest BCUT2D eigenvalue weighted by atomic mass is 16.4. The van der Waals surface area contributed by atoms with E-state index in [0.29, 0.717) is 11.4 Å². The van der Waals surface area contributed by atoms with Gasteiger partial charge in [-0.1, -0.05) is 6.07 Å². The first-order valence-electron chi connectivity index (χ1n) is 5.74. The Morgan fingerprint density at radius 2 is 2.06 bits per heavy atom. The van der Waals surface area contributed by atoms with Crippen LogP contribution in [0.3, 0.4) is 0 Å². The van der Waals surface area contributed by atoms with Gasteiger partial charge in [0, 0.05) is 5.54 Å². The lowest BCUT2D eigenvalue weighted by Gasteiger charge is -2.41. The number of aromatic carboxylic acids is 1. The smallest absolute Gasteiger partial charge is 0.337 e. The second-order valence-corrected chi connectivity index (χ2v) is 5.31. The molecule has 0 saturated carbocycles. The summed E-state index contributed by atoms with van der Waals surface area (Å²) in [5, 5.41) is 12.0. The number of amides is 1. The highest BCUT2D eigenvalue weighted by molar-refractivity contribution is 6.07. The summed E-state index contributed by atoms with van der Waals surface area (Å²) in [6.45, 7) is 6.02. The number of carboxylic acids is 1. The Balaban J connectivity index is 2.64. The summed E-state index contributed by atoms with van der Waals surface area (Å²) in [4.78, 5) is 24.8. The predicted molar refractivity (Wildman–Crippen MR) is 69.1 cm³/mol. The molecular formula is C13H16N2O3. The maximum atomic E-state index is 11.7. The molecule has 0 aliphatic carbocycles. The first-order chi connectivity index (χ1) is 8.30. The van der Waals surface area contributed by atoms with E-state index < -0.39 is 5.97 Å². The molecule has 0 aromatic heterocycles. The van der Waals surface area contributed by atoms with Gasteiger partial charge in [-0.2, -0.15) is 0 Å². The van der Waals surface area contributed by atoms with Gasteiger partial charge < -0.3 is 15.3 Å². The zero-order valence-electron chi connectivity index (χ0n) is 10.7. The fourth-order valence-electron chi connectivity index (χ4n) is 2.09. The van der Waals surface area contributed by atoms with Gasteiger partial charge in [0.15, 0.2) is 0 Å². The summed E-state index contributed by atoms with van der Waals surface area (Å²) in [7, 11) is 0. The summed E-state index contributed by atoms with van der Waals surface area (Å²) < 4.78 is 0. The van der Waals surface area contributed by atoms with Gasteiger partial charge in [-0.05, 0) is 32.9 Å². The summed E-state index contributed by atoms with van der Waals surface area (Å²) >= 11 is 0. The Kier molecular flexibility index (Phi) is 2.77. The van der Waals surface area contributed by atoms with Crippen molar-refractivity contribution in [1.82, 2.24) is 0 Å². The maximum Gasteiger partial charge on any atom is 0.337 e. The van der Waals surface area contributed by atoms with Crippen LogP contribution in [0.1, 0.15) is 31.1 Å². The number of nitrogens with one attached hydrogen (secondary N) is 1. The molecule has 2 N–H and O–H groups in total. The zero-order valence-corrected chi connectivity index (χ0v) is 10.7. The number of carboxylic acid groups (broad SMARTS) is 1. The van der Waals surface area contributed by atoms with Gasteiger partial charge in [0.25, 0.3) is 0 Å². The van der Waals surface area contributed by atoms with Crippen LogP contribution in [0.5, 0.6) is 0 Å². The third-order valence-electron chi connectivity index (χ3n) is 2.92. The molecule has 1 amide bonds. The van der Waals surface area contributed by atoms with Crippen molar-refractivity contribution in [2.24, 2.45) is 0 Å². The average molecular weight is 248 g/mol. The van der Waals surface area contributed by atoms with E-state index in [4.69, 9.17) is 0 Å². The molecule has 18 heavy (non-hydrogen) atoms. The van der Waals surface area contributed by atoms with Gasteiger partial charge in [0.2, 0.25) is 5.91 Å². The second kappa shape index (κ2) is 4.01. The number of benzene rings is 1. The quantitative estimate of drug-likeness (QED) is 0.797. The Labute approximate surface area is 105 Å². The molecule has 0 saturated heterocycles. The number of nitrogens with zero attached hydrogens (tertiary/aromatic N) is 1. The van der Waals surface area contributed by atoms with Crippen LogP contribution in [0.4, 0.5) is 11.4 Å². The molecule has 1 aliphatic heterocycles. The number of rotatable bonds is 1. The van der Waals surface area contributed by atoms with Gasteiger partial charge in [-0.3, -0.25) is 4.79 Å². The molecule has 1 aliphatic rings. The molecule has 1 aromatic carbocycles. The number of hydrogen-bond donors (Lipinski definition) is 2. The molecule has 2 rings (SSSR count). The first kappa shape index (κ1) is 12.4. The zero-order chi connectivity index (χ0) is 13.5. The molecule has 0 unspecified atom stereocenters. The van der Waals surface area contributed by atoms with Gasteiger partial charge in [0.05, 0.1) is 23.5 Å². The van der Waals surface area contributed by atoms with Crippen molar-refractivity contribution in [3.8, 4) is 0 Å². The van der Waals surface area contributed by atoms with E-state index in [0.717, 1.165) is 0 Å². The van der Waals surface area contributed by atoms with Gasteiger partial charge in [0.1, 0.15) is 0 Å². The summed E-state index contributed by atoms with van der Waals surface area (Å²) in [6.07, 6.45) is 0. The Bertz CT molecular complexity index is 517. The standard InChI is InChI=1S/C13H16N2O3/c1-13(2,3)15-7-10(16)14-9-6-4-5-8(11(9)15)12(17)18/h4-6H,7H2,1-3H3,(H,14,16)(H,17,18). The molecule has 0 fully saturated rings. The minimum Gasteiger partial charge on any atom is -0.478 e. The number of hydrogen-bond acceptors (Lipinski definition) is 3. The molecular weight excluding hydrogens is 232 g/mol. The van der Waals surface area contributed by atoms with Crippen LogP contribution in [0.15, 0.2) is 18.2 Å². The maximum absolute atomic E-state index is 11.7. The molecule has 0 radical (unpaired) electrons. The van der Waals surface area contributed by atoms with Crippen LogP contribution >= 0.6 is 0 Å². The van der Waals surface area contributed by atoms with Crippen molar-refractivity contribution < 1.29 is 14.7 Å². The molecule has 0 spiro atoms. The van der Waals surface area contributed by atoms with E-state index in [9.17, 15) is 14.7 Å².